The molecule has 194 valence electrons. The highest BCUT2D eigenvalue weighted by molar-refractivity contribution is 5.56. The maximum atomic E-state index is 5.90. The third kappa shape index (κ3) is 12.4. The first-order chi connectivity index (χ1) is 17.3. The number of hydrogen-bond acceptors (Lipinski definition) is 4. The first kappa shape index (κ1) is 27.5. The first-order valence-corrected chi connectivity index (χ1v) is 14.5. The summed E-state index contributed by atoms with van der Waals surface area (Å²) >= 11 is 0. The molecule has 0 saturated heterocycles. The Labute approximate surface area is 214 Å². The van der Waals surface area contributed by atoms with Crippen molar-refractivity contribution >= 4 is 0 Å². The molecule has 1 fully saturated rings. The zero-order valence-electron chi connectivity index (χ0n) is 22.2. The highest BCUT2D eigenvalue weighted by atomic mass is 16.5. The van der Waals surface area contributed by atoms with E-state index in [9.17, 15) is 0 Å². The fourth-order valence-corrected chi connectivity index (χ4v) is 4.50. The molecule has 0 bridgehead atoms. The Morgan fingerprint density at radius 1 is 0.629 bits per heavy atom. The summed E-state index contributed by atoms with van der Waals surface area (Å²) < 4.78 is 11.7. The van der Waals surface area contributed by atoms with Crippen LogP contribution in [-0.2, 0) is 0 Å². The number of unbranched alkanes of at least 4 members (excludes halogenated alkanes) is 12. The molecule has 1 saturated carbocycles. The van der Waals surface area contributed by atoms with Crippen molar-refractivity contribution in [2.24, 2.45) is 5.92 Å². The fraction of sp³-hybridized carbons (Fsp3) is 0.677. The zero-order chi connectivity index (χ0) is 24.4. The van der Waals surface area contributed by atoms with Gasteiger partial charge in [0.2, 0.25) is 0 Å². The third-order valence-electron chi connectivity index (χ3n) is 6.98. The summed E-state index contributed by atoms with van der Waals surface area (Å²) in [5.74, 6) is 3.47. The lowest BCUT2D eigenvalue weighted by Crippen LogP contribution is -1.99. The normalized spacial score (nSPS) is 13.2. The maximum Gasteiger partial charge on any atom is 0.159 e. The Balaban J connectivity index is 1.22. The van der Waals surface area contributed by atoms with Crippen molar-refractivity contribution in [1.82, 2.24) is 9.97 Å². The molecule has 1 aliphatic rings. The van der Waals surface area contributed by atoms with Crippen LogP contribution in [0.3, 0.4) is 0 Å². The molecule has 35 heavy (non-hydrogen) atoms. The molecule has 1 aromatic heterocycles. The molecular weight excluding hydrogens is 432 g/mol. The summed E-state index contributed by atoms with van der Waals surface area (Å²) in [6.45, 7) is 3.80. The predicted molar refractivity (Wildman–Crippen MR) is 146 cm³/mol. The lowest BCUT2D eigenvalue weighted by Gasteiger charge is -2.08. The van der Waals surface area contributed by atoms with Crippen LogP contribution in [0.25, 0.3) is 11.4 Å². The summed E-state index contributed by atoms with van der Waals surface area (Å²) in [6, 6.07) is 8.09. The van der Waals surface area contributed by atoms with Crippen molar-refractivity contribution in [1.29, 1.82) is 0 Å². The molecule has 2 aromatic rings. The molecule has 0 unspecified atom stereocenters. The van der Waals surface area contributed by atoms with Crippen LogP contribution < -0.4 is 9.47 Å². The molecule has 1 aliphatic carbocycles. The SMILES string of the molecule is CCCCCCCCCCOc1ccc(-c2ncc(OCCCCCCCCC3CC3)cn2)cc1. The van der Waals surface area contributed by atoms with E-state index in [2.05, 4.69) is 16.9 Å². The zero-order valence-corrected chi connectivity index (χ0v) is 22.2. The van der Waals surface area contributed by atoms with Gasteiger partial charge in [-0.2, -0.15) is 0 Å². The van der Waals surface area contributed by atoms with Gasteiger partial charge in [-0.3, -0.25) is 0 Å². The average molecular weight is 481 g/mol. The van der Waals surface area contributed by atoms with Crippen LogP contribution in [0.2, 0.25) is 0 Å². The summed E-state index contributed by atoms with van der Waals surface area (Å²) in [5, 5.41) is 0. The van der Waals surface area contributed by atoms with Crippen LogP contribution in [0.4, 0.5) is 0 Å². The Kier molecular flexibility index (Phi) is 13.6. The van der Waals surface area contributed by atoms with Gasteiger partial charge in [0, 0.05) is 5.56 Å². The second-order valence-electron chi connectivity index (χ2n) is 10.3. The Morgan fingerprint density at radius 3 is 1.71 bits per heavy atom. The minimum Gasteiger partial charge on any atom is -0.494 e. The van der Waals surface area contributed by atoms with Gasteiger partial charge in [-0.05, 0) is 43.0 Å². The minimum absolute atomic E-state index is 0.721. The van der Waals surface area contributed by atoms with E-state index in [1.165, 1.54) is 96.3 Å². The molecule has 0 N–H and O–H groups in total. The molecule has 4 heteroatoms. The van der Waals surface area contributed by atoms with E-state index >= 15 is 0 Å². The molecule has 4 nitrogen and oxygen atoms in total. The molecule has 0 amide bonds. The summed E-state index contributed by atoms with van der Waals surface area (Å²) in [4.78, 5) is 8.98. The molecule has 3 rings (SSSR count). The van der Waals surface area contributed by atoms with Crippen molar-refractivity contribution < 1.29 is 9.47 Å². The van der Waals surface area contributed by atoms with Gasteiger partial charge in [0.1, 0.15) is 5.75 Å². The van der Waals surface area contributed by atoms with E-state index in [1.807, 2.05) is 24.3 Å². The van der Waals surface area contributed by atoms with E-state index in [1.54, 1.807) is 12.4 Å². The van der Waals surface area contributed by atoms with Gasteiger partial charge in [-0.15, -0.1) is 0 Å². The number of aromatic nitrogens is 2. The van der Waals surface area contributed by atoms with Crippen molar-refractivity contribution in [3.05, 3.63) is 36.7 Å². The van der Waals surface area contributed by atoms with E-state index < -0.39 is 0 Å². The molecular formula is C31H48N2O2. The predicted octanol–water partition coefficient (Wildman–Crippen LogP) is 9.18. The van der Waals surface area contributed by atoms with E-state index in [0.29, 0.717) is 0 Å². The highest BCUT2D eigenvalue weighted by Crippen LogP contribution is 2.34. The van der Waals surface area contributed by atoms with Gasteiger partial charge in [0.05, 0.1) is 25.6 Å². The van der Waals surface area contributed by atoms with Crippen LogP contribution in [-0.4, -0.2) is 23.2 Å². The van der Waals surface area contributed by atoms with Gasteiger partial charge in [0.15, 0.2) is 11.6 Å². The lowest BCUT2D eigenvalue weighted by atomic mass is 10.1. The topological polar surface area (TPSA) is 44.2 Å². The monoisotopic (exact) mass is 480 g/mol. The standard InChI is InChI=1S/C31H48N2O2/c1-2-3-4-5-6-8-11-14-23-34-29-21-19-28(20-22-29)31-32-25-30(26-33-31)35-24-15-12-9-7-10-13-16-27-17-18-27/h19-22,25-27H,2-18,23-24H2,1H3. The number of nitrogens with zero attached hydrogens (tertiary/aromatic N) is 2. The molecule has 0 atom stereocenters. The van der Waals surface area contributed by atoms with E-state index in [4.69, 9.17) is 9.47 Å². The van der Waals surface area contributed by atoms with Crippen molar-refractivity contribution in [2.45, 2.75) is 116 Å². The quantitative estimate of drug-likeness (QED) is 0.167. The fourth-order valence-electron chi connectivity index (χ4n) is 4.50. The van der Waals surface area contributed by atoms with Crippen molar-refractivity contribution in [3.63, 3.8) is 0 Å². The second-order valence-corrected chi connectivity index (χ2v) is 10.3. The maximum absolute atomic E-state index is 5.90. The van der Waals surface area contributed by atoms with E-state index in [0.717, 1.165) is 54.9 Å². The van der Waals surface area contributed by atoms with Crippen LogP contribution in [0.5, 0.6) is 11.5 Å². The number of benzene rings is 1. The van der Waals surface area contributed by atoms with Crippen LogP contribution in [0.1, 0.15) is 116 Å². The summed E-state index contributed by atoms with van der Waals surface area (Å²) in [7, 11) is 0. The number of rotatable bonds is 21. The highest BCUT2D eigenvalue weighted by Gasteiger charge is 2.19. The molecule has 1 heterocycles. The smallest absolute Gasteiger partial charge is 0.159 e. The molecule has 0 radical (unpaired) electrons. The average Bonchev–Trinajstić information content (AvgIpc) is 3.72. The summed E-state index contributed by atoms with van der Waals surface area (Å²) in [5.41, 5.74) is 0.998. The minimum atomic E-state index is 0.721. The van der Waals surface area contributed by atoms with Crippen LogP contribution >= 0.6 is 0 Å². The van der Waals surface area contributed by atoms with Gasteiger partial charge in [-0.25, -0.2) is 9.97 Å². The third-order valence-corrected chi connectivity index (χ3v) is 6.98. The van der Waals surface area contributed by atoms with Gasteiger partial charge >= 0.3 is 0 Å². The van der Waals surface area contributed by atoms with Gasteiger partial charge in [0.25, 0.3) is 0 Å². The van der Waals surface area contributed by atoms with Crippen LogP contribution in [0.15, 0.2) is 36.7 Å². The molecule has 1 aromatic carbocycles. The molecule has 0 aliphatic heterocycles. The Bertz CT molecular complexity index is 772. The number of hydrogen-bond donors (Lipinski definition) is 0. The van der Waals surface area contributed by atoms with Gasteiger partial charge in [-0.1, -0.05) is 103 Å². The lowest BCUT2D eigenvalue weighted by molar-refractivity contribution is 0.302. The Hall–Kier alpha value is -2.10. The van der Waals surface area contributed by atoms with Crippen molar-refractivity contribution in [2.75, 3.05) is 13.2 Å². The second kappa shape index (κ2) is 17.3. The van der Waals surface area contributed by atoms with Gasteiger partial charge < -0.3 is 9.47 Å². The number of ether oxygens (including phenoxy) is 2. The Morgan fingerprint density at radius 2 is 1.14 bits per heavy atom. The van der Waals surface area contributed by atoms with E-state index in [-0.39, 0.29) is 0 Å². The largest absolute Gasteiger partial charge is 0.494 e. The summed E-state index contributed by atoms with van der Waals surface area (Å²) in [6.07, 6.45) is 26.4. The molecule has 0 spiro atoms. The first-order valence-electron chi connectivity index (χ1n) is 14.5. The van der Waals surface area contributed by atoms with Crippen molar-refractivity contribution in [3.8, 4) is 22.9 Å². The van der Waals surface area contributed by atoms with Crippen LogP contribution in [0, 0.1) is 5.92 Å².